The second kappa shape index (κ2) is 4.62. The molecule has 0 amide bonds. The number of thiazole rings is 1. The van der Waals surface area contributed by atoms with Crippen molar-refractivity contribution in [2.75, 3.05) is 6.54 Å². The molecule has 2 atom stereocenters. The highest BCUT2D eigenvalue weighted by Gasteiger charge is 2.34. The van der Waals surface area contributed by atoms with E-state index >= 15 is 0 Å². The van der Waals surface area contributed by atoms with E-state index in [2.05, 4.69) is 30.7 Å². The number of rotatable bonds is 5. The molecule has 1 aliphatic carbocycles. The Morgan fingerprint density at radius 3 is 2.80 bits per heavy atom. The molecule has 0 aromatic carbocycles. The molecule has 15 heavy (non-hydrogen) atoms. The van der Waals surface area contributed by atoms with Gasteiger partial charge in [0.2, 0.25) is 0 Å². The summed E-state index contributed by atoms with van der Waals surface area (Å²) in [5, 5.41) is 0. The van der Waals surface area contributed by atoms with E-state index in [1.54, 1.807) is 11.3 Å². The van der Waals surface area contributed by atoms with Crippen LogP contribution >= 0.6 is 11.3 Å². The van der Waals surface area contributed by atoms with Crippen molar-refractivity contribution in [3.05, 3.63) is 16.6 Å². The second-order valence-electron chi connectivity index (χ2n) is 4.96. The third kappa shape index (κ3) is 3.02. The first kappa shape index (κ1) is 11.1. The predicted molar refractivity (Wildman–Crippen MR) is 64.9 cm³/mol. The number of hydrogen-bond donors (Lipinski definition) is 0. The van der Waals surface area contributed by atoms with Crippen molar-refractivity contribution in [2.45, 2.75) is 39.8 Å². The van der Waals surface area contributed by atoms with Crippen LogP contribution in [-0.2, 0) is 6.54 Å². The Morgan fingerprint density at radius 2 is 2.33 bits per heavy atom. The third-order valence-electron chi connectivity index (χ3n) is 3.32. The van der Waals surface area contributed by atoms with Gasteiger partial charge in [0.15, 0.2) is 0 Å². The monoisotopic (exact) mass is 224 g/mol. The minimum atomic E-state index is 0.639. The molecule has 0 unspecified atom stereocenters. The van der Waals surface area contributed by atoms with Gasteiger partial charge in [-0.25, -0.2) is 0 Å². The molecule has 0 spiro atoms. The number of nitrogens with zero attached hydrogens (tertiary/aromatic N) is 2. The fourth-order valence-corrected chi connectivity index (χ4v) is 2.55. The van der Waals surface area contributed by atoms with Gasteiger partial charge < -0.3 is 0 Å². The standard InChI is InChI=1S/C12H20N2S/c1-9(2)14(6-11-4-10(11)3)7-12-5-13-8-15-12/h5,8-11H,4,6-7H2,1-3H3/t10-,11-/m0/s1. The van der Waals surface area contributed by atoms with Gasteiger partial charge in [0.05, 0.1) is 5.51 Å². The van der Waals surface area contributed by atoms with Gasteiger partial charge in [0.1, 0.15) is 0 Å². The summed E-state index contributed by atoms with van der Waals surface area (Å²) in [7, 11) is 0. The highest BCUT2D eigenvalue weighted by Crippen LogP contribution is 2.38. The molecule has 0 N–H and O–H groups in total. The molecule has 1 heterocycles. The van der Waals surface area contributed by atoms with Crippen molar-refractivity contribution in [1.82, 2.24) is 9.88 Å². The Bertz CT molecular complexity index is 295. The minimum Gasteiger partial charge on any atom is -0.296 e. The summed E-state index contributed by atoms with van der Waals surface area (Å²) in [4.78, 5) is 8.09. The summed E-state index contributed by atoms with van der Waals surface area (Å²) in [5.41, 5.74) is 1.92. The van der Waals surface area contributed by atoms with Crippen LogP contribution in [0.3, 0.4) is 0 Å². The molecule has 0 aliphatic heterocycles. The predicted octanol–water partition coefficient (Wildman–Crippen LogP) is 3.01. The number of hydrogen-bond acceptors (Lipinski definition) is 3. The molecule has 1 aromatic heterocycles. The topological polar surface area (TPSA) is 16.1 Å². The normalized spacial score (nSPS) is 25.1. The molecule has 0 saturated heterocycles. The highest BCUT2D eigenvalue weighted by atomic mass is 32.1. The van der Waals surface area contributed by atoms with Crippen molar-refractivity contribution < 1.29 is 0 Å². The lowest BCUT2D eigenvalue weighted by Gasteiger charge is -2.25. The zero-order valence-electron chi connectivity index (χ0n) is 9.81. The fourth-order valence-electron chi connectivity index (χ4n) is 1.93. The van der Waals surface area contributed by atoms with Crippen LogP contribution < -0.4 is 0 Å². The minimum absolute atomic E-state index is 0.639. The van der Waals surface area contributed by atoms with Crippen LogP contribution in [0, 0.1) is 11.8 Å². The van der Waals surface area contributed by atoms with Gasteiger partial charge in [-0.1, -0.05) is 6.92 Å². The number of aromatic nitrogens is 1. The first-order valence-electron chi connectivity index (χ1n) is 5.78. The van der Waals surface area contributed by atoms with Crippen molar-refractivity contribution in [3.63, 3.8) is 0 Å². The molecule has 1 fully saturated rings. The van der Waals surface area contributed by atoms with Gasteiger partial charge in [-0.15, -0.1) is 11.3 Å². The van der Waals surface area contributed by atoms with Crippen molar-refractivity contribution in [3.8, 4) is 0 Å². The maximum Gasteiger partial charge on any atom is 0.0794 e. The molecule has 1 saturated carbocycles. The van der Waals surface area contributed by atoms with Crippen LogP contribution in [0.1, 0.15) is 32.1 Å². The van der Waals surface area contributed by atoms with E-state index in [-0.39, 0.29) is 0 Å². The molecule has 1 aliphatic rings. The quantitative estimate of drug-likeness (QED) is 0.764. The Morgan fingerprint density at radius 1 is 1.60 bits per heavy atom. The van der Waals surface area contributed by atoms with Gasteiger partial charge in [-0.05, 0) is 32.1 Å². The molecule has 2 nitrogen and oxygen atoms in total. The van der Waals surface area contributed by atoms with Crippen LogP contribution in [0.25, 0.3) is 0 Å². The third-order valence-corrected chi connectivity index (χ3v) is 4.08. The first-order chi connectivity index (χ1) is 7.16. The molecular formula is C12H20N2S. The Labute approximate surface area is 96.3 Å². The van der Waals surface area contributed by atoms with Crippen LogP contribution in [-0.4, -0.2) is 22.5 Å². The van der Waals surface area contributed by atoms with E-state index in [4.69, 9.17) is 0 Å². The van der Waals surface area contributed by atoms with Crippen LogP contribution in [0.4, 0.5) is 0 Å². The summed E-state index contributed by atoms with van der Waals surface area (Å²) in [5.74, 6) is 1.90. The lowest BCUT2D eigenvalue weighted by Crippen LogP contribution is -2.32. The van der Waals surface area contributed by atoms with Gasteiger partial charge in [-0.2, -0.15) is 0 Å². The molecule has 0 bridgehead atoms. The van der Waals surface area contributed by atoms with E-state index in [1.807, 2.05) is 11.7 Å². The van der Waals surface area contributed by atoms with E-state index in [0.717, 1.165) is 18.4 Å². The van der Waals surface area contributed by atoms with Crippen LogP contribution in [0.5, 0.6) is 0 Å². The smallest absolute Gasteiger partial charge is 0.0794 e. The largest absolute Gasteiger partial charge is 0.296 e. The lowest BCUT2D eigenvalue weighted by molar-refractivity contribution is 0.202. The second-order valence-corrected chi connectivity index (χ2v) is 5.93. The summed E-state index contributed by atoms with van der Waals surface area (Å²) in [6.07, 6.45) is 3.42. The highest BCUT2D eigenvalue weighted by molar-refractivity contribution is 7.09. The molecule has 3 heteroatoms. The zero-order chi connectivity index (χ0) is 10.8. The Kier molecular flexibility index (Phi) is 3.42. The van der Waals surface area contributed by atoms with E-state index in [0.29, 0.717) is 6.04 Å². The van der Waals surface area contributed by atoms with Crippen molar-refractivity contribution in [2.24, 2.45) is 11.8 Å². The van der Waals surface area contributed by atoms with E-state index in [9.17, 15) is 0 Å². The lowest BCUT2D eigenvalue weighted by atomic mass is 10.2. The van der Waals surface area contributed by atoms with Crippen LogP contribution in [0.15, 0.2) is 11.7 Å². The Hall–Kier alpha value is -0.410. The van der Waals surface area contributed by atoms with Gasteiger partial charge in [0.25, 0.3) is 0 Å². The maximum absolute atomic E-state index is 4.14. The fraction of sp³-hybridized carbons (Fsp3) is 0.750. The average Bonchev–Trinajstić information content (AvgIpc) is 2.66. The molecule has 0 radical (unpaired) electrons. The Balaban J connectivity index is 1.88. The first-order valence-corrected chi connectivity index (χ1v) is 6.66. The van der Waals surface area contributed by atoms with Crippen LogP contribution in [0.2, 0.25) is 0 Å². The summed E-state index contributed by atoms with van der Waals surface area (Å²) < 4.78 is 0. The maximum atomic E-state index is 4.14. The van der Waals surface area contributed by atoms with Gasteiger partial charge in [-0.3, -0.25) is 9.88 Å². The molecule has 1 aromatic rings. The van der Waals surface area contributed by atoms with E-state index in [1.165, 1.54) is 17.8 Å². The molecule has 2 rings (SSSR count). The molecular weight excluding hydrogens is 204 g/mol. The van der Waals surface area contributed by atoms with E-state index < -0.39 is 0 Å². The van der Waals surface area contributed by atoms with Gasteiger partial charge >= 0.3 is 0 Å². The average molecular weight is 224 g/mol. The van der Waals surface area contributed by atoms with Crippen molar-refractivity contribution in [1.29, 1.82) is 0 Å². The molecule has 84 valence electrons. The summed E-state index contributed by atoms with van der Waals surface area (Å²) in [6.45, 7) is 9.26. The van der Waals surface area contributed by atoms with Crippen molar-refractivity contribution >= 4 is 11.3 Å². The summed E-state index contributed by atoms with van der Waals surface area (Å²) in [6, 6.07) is 0.639. The van der Waals surface area contributed by atoms with Gasteiger partial charge in [0, 0.05) is 30.2 Å². The SMILES string of the molecule is CC(C)N(Cc1cncs1)C[C@@H]1C[C@@H]1C. The zero-order valence-corrected chi connectivity index (χ0v) is 10.6. The summed E-state index contributed by atoms with van der Waals surface area (Å²) >= 11 is 1.76.